The number of rotatable bonds is 5. The topological polar surface area (TPSA) is 111 Å². The summed E-state index contributed by atoms with van der Waals surface area (Å²) in [6, 6.07) is 19.1. The van der Waals surface area contributed by atoms with Gasteiger partial charge in [0.15, 0.2) is 21.3 Å². The maximum atomic E-state index is 12.6. The van der Waals surface area contributed by atoms with Crippen LogP contribution >= 0.6 is 0 Å². The molecule has 0 aromatic heterocycles. The van der Waals surface area contributed by atoms with Gasteiger partial charge in [-0.15, -0.1) is 0 Å². The summed E-state index contributed by atoms with van der Waals surface area (Å²) in [7, 11) is -3.55. The summed E-state index contributed by atoms with van der Waals surface area (Å²) in [5.41, 5.74) is 5.65. The van der Waals surface area contributed by atoms with E-state index < -0.39 is 21.7 Å². The molecule has 4 rings (SSSR count). The lowest BCUT2D eigenvalue weighted by Crippen LogP contribution is -2.41. The van der Waals surface area contributed by atoms with Crippen LogP contribution < -0.4 is 20.3 Å². The van der Waals surface area contributed by atoms with Crippen molar-refractivity contribution in [1.29, 1.82) is 0 Å². The molecule has 2 N–H and O–H groups in total. The van der Waals surface area contributed by atoms with Crippen LogP contribution in [0.1, 0.15) is 26.3 Å². The van der Waals surface area contributed by atoms with Crippen molar-refractivity contribution in [3.05, 3.63) is 89.5 Å². The highest BCUT2D eigenvalue weighted by atomic mass is 32.2. The molecular weight excluding hydrogens is 432 g/mol. The summed E-state index contributed by atoms with van der Waals surface area (Å²) in [6.07, 6.45) is 0. The number of sulfone groups is 1. The van der Waals surface area contributed by atoms with Crippen molar-refractivity contribution in [2.45, 2.75) is 10.6 Å². The predicted octanol–water partition coefficient (Wildman–Crippen LogP) is 2.51. The summed E-state index contributed by atoms with van der Waals surface area (Å²) in [4.78, 5) is 25.1. The molecule has 3 aromatic carbocycles. The molecule has 0 radical (unpaired) electrons. The van der Waals surface area contributed by atoms with Crippen molar-refractivity contribution in [3.8, 4) is 11.5 Å². The molecular formula is C23H20N2O6S. The Bertz CT molecular complexity index is 1260. The number of amides is 2. The molecule has 8 nitrogen and oxygen atoms in total. The fourth-order valence-electron chi connectivity index (χ4n) is 3.18. The molecule has 0 aliphatic carbocycles. The highest BCUT2D eigenvalue weighted by molar-refractivity contribution is 7.90. The van der Waals surface area contributed by atoms with Gasteiger partial charge in [-0.3, -0.25) is 20.4 Å². The first kappa shape index (κ1) is 21.4. The van der Waals surface area contributed by atoms with Crippen molar-refractivity contribution >= 4 is 21.7 Å². The number of fused-ring (bicyclic) bond motifs is 1. The largest absolute Gasteiger partial charge is 0.486 e. The number of hydrogen-bond acceptors (Lipinski definition) is 6. The van der Waals surface area contributed by atoms with Crippen molar-refractivity contribution in [2.75, 3.05) is 13.2 Å². The molecule has 0 saturated carbocycles. The van der Waals surface area contributed by atoms with Gasteiger partial charge in [0.05, 0.1) is 10.6 Å². The lowest BCUT2D eigenvalue weighted by atomic mass is 10.1. The molecule has 0 saturated heterocycles. The van der Waals surface area contributed by atoms with Gasteiger partial charge in [0.2, 0.25) is 0 Å². The molecule has 2 amide bonds. The van der Waals surface area contributed by atoms with E-state index in [0.29, 0.717) is 30.3 Å². The van der Waals surface area contributed by atoms with Gasteiger partial charge in [-0.25, -0.2) is 8.42 Å². The van der Waals surface area contributed by atoms with E-state index in [1.54, 1.807) is 42.5 Å². The van der Waals surface area contributed by atoms with Gasteiger partial charge in [-0.1, -0.05) is 30.3 Å². The smallest absolute Gasteiger partial charge is 0.269 e. The Morgan fingerprint density at radius 2 is 1.41 bits per heavy atom. The van der Waals surface area contributed by atoms with E-state index in [2.05, 4.69) is 10.9 Å². The third kappa shape index (κ3) is 4.89. The Kier molecular flexibility index (Phi) is 6.09. The molecule has 0 fully saturated rings. The van der Waals surface area contributed by atoms with Crippen LogP contribution in [-0.2, 0) is 15.6 Å². The number of nitrogens with one attached hydrogen (secondary N) is 2. The number of carbonyl (C=O) groups is 2. The molecule has 0 bridgehead atoms. The van der Waals surface area contributed by atoms with Gasteiger partial charge in [0.1, 0.15) is 13.2 Å². The van der Waals surface area contributed by atoms with E-state index in [-0.39, 0.29) is 21.8 Å². The predicted molar refractivity (Wildman–Crippen MR) is 116 cm³/mol. The fraction of sp³-hybridized carbons (Fsp3) is 0.130. The fourth-order valence-corrected chi connectivity index (χ4v) is 4.53. The Morgan fingerprint density at radius 3 is 2.12 bits per heavy atom. The second kappa shape index (κ2) is 9.11. The molecule has 0 spiro atoms. The zero-order valence-corrected chi connectivity index (χ0v) is 17.7. The maximum absolute atomic E-state index is 12.6. The van der Waals surface area contributed by atoms with Crippen LogP contribution in [-0.4, -0.2) is 33.4 Å². The van der Waals surface area contributed by atoms with Gasteiger partial charge >= 0.3 is 0 Å². The SMILES string of the molecule is O=C(NNC(=O)c1ccc2c(c1)OCCO2)c1cccc(CS(=O)(=O)c2ccccc2)c1. The van der Waals surface area contributed by atoms with E-state index in [4.69, 9.17) is 9.47 Å². The third-order valence-corrected chi connectivity index (χ3v) is 6.45. The van der Waals surface area contributed by atoms with Gasteiger partial charge in [0.25, 0.3) is 11.8 Å². The van der Waals surface area contributed by atoms with Crippen molar-refractivity contribution in [1.82, 2.24) is 10.9 Å². The minimum atomic E-state index is -3.55. The Labute approximate surface area is 185 Å². The number of hydrogen-bond donors (Lipinski definition) is 2. The van der Waals surface area contributed by atoms with E-state index in [1.807, 2.05) is 0 Å². The molecule has 164 valence electrons. The van der Waals surface area contributed by atoms with Gasteiger partial charge in [0, 0.05) is 11.1 Å². The summed E-state index contributed by atoms with van der Waals surface area (Å²) in [6.45, 7) is 0.839. The van der Waals surface area contributed by atoms with Crippen molar-refractivity contribution in [2.24, 2.45) is 0 Å². The average Bonchev–Trinajstić information content (AvgIpc) is 2.82. The van der Waals surface area contributed by atoms with Gasteiger partial charge in [-0.2, -0.15) is 0 Å². The number of carbonyl (C=O) groups excluding carboxylic acids is 2. The first-order valence-corrected chi connectivity index (χ1v) is 11.4. The van der Waals surface area contributed by atoms with Gasteiger partial charge in [-0.05, 0) is 48.0 Å². The second-order valence-corrected chi connectivity index (χ2v) is 9.03. The third-order valence-electron chi connectivity index (χ3n) is 4.74. The minimum absolute atomic E-state index is 0.210. The molecule has 1 aliphatic heterocycles. The number of benzene rings is 3. The summed E-state index contributed by atoms with van der Waals surface area (Å²) in [5.74, 6) is -0.337. The summed E-state index contributed by atoms with van der Waals surface area (Å²) >= 11 is 0. The van der Waals surface area contributed by atoms with Gasteiger partial charge < -0.3 is 9.47 Å². The summed E-state index contributed by atoms with van der Waals surface area (Å²) in [5, 5.41) is 0. The van der Waals surface area contributed by atoms with Crippen LogP contribution in [0.3, 0.4) is 0 Å². The van der Waals surface area contributed by atoms with Crippen LogP contribution in [0, 0.1) is 0 Å². The van der Waals surface area contributed by atoms with E-state index in [0.717, 1.165) is 0 Å². The Morgan fingerprint density at radius 1 is 0.750 bits per heavy atom. The van der Waals surface area contributed by atoms with Crippen molar-refractivity contribution in [3.63, 3.8) is 0 Å². The van der Waals surface area contributed by atoms with Crippen LogP contribution in [0.4, 0.5) is 0 Å². The van der Waals surface area contributed by atoms with E-state index in [9.17, 15) is 18.0 Å². The number of ether oxygens (including phenoxy) is 2. The average molecular weight is 452 g/mol. The zero-order valence-electron chi connectivity index (χ0n) is 16.9. The monoisotopic (exact) mass is 452 g/mol. The van der Waals surface area contributed by atoms with Crippen LogP contribution in [0.2, 0.25) is 0 Å². The molecule has 32 heavy (non-hydrogen) atoms. The molecule has 9 heteroatoms. The second-order valence-electron chi connectivity index (χ2n) is 7.04. The van der Waals surface area contributed by atoms with Crippen LogP contribution in [0.25, 0.3) is 0 Å². The first-order valence-electron chi connectivity index (χ1n) is 9.79. The molecule has 0 atom stereocenters. The quantitative estimate of drug-likeness (QED) is 0.576. The highest BCUT2D eigenvalue weighted by Crippen LogP contribution is 2.30. The standard InChI is InChI=1S/C23H20N2O6S/c26-22(24-25-23(27)18-9-10-20-21(14-18)31-12-11-30-20)17-6-4-5-16(13-17)15-32(28,29)19-7-2-1-3-8-19/h1-10,13-14H,11-12,15H2,(H,24,26)(H,25,27). The molecule has 3 aromatic rings. The van der Waals surface area contributed by atoms with Crippen molar-refractivity contribution < 1.29 is 27.5 Å². The normalized spacial score (nSPS) is 12.6. The van der Waals surface area contributed by atoms with E-state index >= 15 is 0 Å². The van der Waals surface area contributed by atoms with E-state index in [1.165, 1.54) is 30.3 Å². The molecule has 1 aliphatic rings. The zero-order chi connectivity index (χ0) is 22.6. The lowest BCUT2D eigenvalue weighted by Gasteiger charge is -2.18. The first-order chi connectivity index (χ1) is 15.4. The Hall–Kier alpha value is -3.85. The Balaban J connectivity index is 1.40. The lowest BCUT2D eigenvalue weighted by molar-refractivity contribution is 0.0846. The molecule has 0 unspecified atom stereocenters. The summed E-state index contributed by atoms with van der Waals surface area (Å²) < 4.78 is 36.0. The minimum Gasteiger partial charge on any atom is -0.486 e. The highest BCUT2D eigenvalue weighted by Gasteiger charge is 2.18. The maximum Gasteiger partial charge on any atom is 0.269 e. The van der Waals surface area contributed by atoms with Crippen LogP contribution in [0.15, 0.2) is 77.7 Å². The molecule has 1 heterocycles. The number of hydrazine groups is 1. The van der Waals surface area contributed by atoms with Crippen LogP contribution in [0.5, 0.6) is 11.5 Å².